The van der Waals surface area contributed by atoms with Gasteiger partial charge in [-0.15, -0.1) is 24.8 Å². The minimum Gasteiger partial charge on any atom is -0.366 e. The topological polar surface area (TPSA) is 99.4 Å². The Balaban J connectivity index is 0.00000196. The largest absolute Gasteiger partial charge is 0.366 e. The molecule has 3 N–H and O–H groups in total. The van der Waals surface area contributed by atoms with Crippen LogP contribution < -0.4 is 16.2 Å². The van der Waals surface area contributed by atoms with E-state index in [1.54, 1.807) is 6.07 Å². The van der Waals surface area contributed by atoms with E-state index in [0.29, 0.717) is 49.5 Å². The number of fused-ring (bicyclic) bond motifs is 1. The van der Waals surface area contributed by atoms with Gasteiger partial charge in [0.05, 0.1) is 24.1 Å². The van der Waals surface area contributed by atoms with Gasteiger partial charge in [0.1, 0.15) is 11.9 Å². The first-order valence-corrected chi connectivity index (χ1v) is 8.97. The molecule has 0 spiro atoms. The fourth-order valence-corrected chi connectivity index (χ4v) is 2.99. The van der Waals surface area contributed by atoms with Crippen LogP contribution in [0, 0.1) is 0 Å². The van der Waals surface area contributed by atoms with Gasteiger partial charge in [-0.3, -0.25) is 14.5 Å². The van der Waals surface area contributed by atoms with Gasteiger partial charge in [0.15, 0.2) is 0 Å². The van der Waals surface area contributed by atoms with Gasteiger partial charge >= 0.3 is 0 Å². The number of ether oxygens (including phenoxy) is 1. The summed E-state index contributed by atoms with van der Waals surface area (Å²) < 4.78 is 5.59. The minimum atomic E-state index is -0.502. The molecule has 1 fully saturated rings. The number of likely N-dealkylation sites (N-methyl/N-ethyl adjacent to an activating group) is 1. The lowest BCUT2D eigenvalue weighted by atomic mass is 10.2. The van der Waals surface area contributed by atoms with Crippen molar-refractivity contribution in [1.29, 1.82) is 0 Å². The number of aromatic amines is 1. The van der Waals surface area contributed by atoms with Gasteiger partial charge in [-0.1, -0.05) is 19.1 Å². The molecule has 8 nitrogen and oxygen atoms in total. The van der Waals surface area contributed by atoms with Crippen molar-refractivity contribution < 1.29 is 9.53 Å². The molecular formula is C18H27Cl2N5O3. The molecule has 0 radical (unpaired) electrons. The van der Waals surface area contributed by atoms with E-state index in [0.717, 1.165) is 13.1 Å². The van der Waals surface area contributed by atoms with E-state index in [9.17, 15) is 9.59 Å². The molecule has 1 aromatic heterocycles. The Hall–Kier alpha value is -1.71. The van der Waals surface area contributed by atoms with Gasteiger partial charge in [0.25, 0.3) is 11.5 Å². The maximum atomic E-state index is 12.2. The molecule has 156 valence electrons. The van der Waals surface area contributed by atoms with Gasteiger partial charge in [-0.25, -0.2) is 4.98 Å². The molecule has 0 bridgehead atoms. The third kappa shape index (κ3) is 6.42. The Morgan fingerprint density at radius 2 is 2.11 bits per heavy atom. The van der Waals surface area contributed by atoms with E-state index in [4.69, 9.17) is 4.74 Å². The summed E-state index contributed by atoms with van der Waals surface area (Å²) in [6.45, 7) is 6.33. The number of aromatic nitrogens is 2. The number of rotatable bonds is 7. The number of benzene rings is 1. The normalized spacial score (nSPS) is 16.8. The molecule has 1 amide bonds. The average molecular weight is 432 g/mol. The van der Waals surface area contributed by atoms with Crippen molar-refractivity contribution in [3.63, 3.8) is 0 Å². The summed E-state index contributed by atoms with van der Waals surface area (Å²) in [7, 11) is 0. The van der Waals surface area contributed by atoms with Gasteiger partial charge in [0, 0.05) is 26.2 Å². The molecule has 3 rings (SSSR count). The first kappa shape index (κ1) is 24.3. The number of carbonyl (C=O) groups excluding carboxylic acids is 1. The molecule has 0 aliphatic carbocycles. The quantitative estimate of drug-likeness (QED) is 0.557. The third-order valence-corrected chi connectivity index (χ3v) is 4.33. The zero-order valence-corrected chi connectivity index (χ0v) is 17.4. The Kier molecular flexibility index (Phi) is 10.4. The molecule has 0 saturated carbocycles. The van der Waals surface area contributed by atoms with E-state index in [1.807, 2.05) is 25.1 Å². The second-order valence-electron chi connectivity index (χ2n) is 6.27. The number of H-pyrrole nitrogens is 1. The van der Waals surface area contributed by atoms with Gasteiger partial charge in [-0.2, -0.15) is 0 Å². The second-order valence-corrected chi connectivity index (χ2v) is 6.27. The number of para-hydroxylation sites is 1. The maximum Gasteiger partial charge on any atom is 0.258 e. The summed E-state index contributed by atoms with van der Waals surface area (Å²) >= 11 is 0. The highest BCUT2D eigenvalue weighted by atomic mass is 35.5. The van der Waals surface area contributed by atoms with Crippen LogP contribution in [0.2, 0.25) is 0 Å². The molecule has 10 heteroatoms. The number of amides is 1. The molecule has 1 aromatic carbocycles. The second kappa shape index (κ2) is 12.0. The molecule has 1 atom stereocenters. The molecule has 1 unspecified atom stereocenters. The van der Waals surface area contributed by atoms with Gasteiger partial charge < -0.3 is 20.4 Å². The molecule has 1 aliphatic rings. The lowest BCUT2D eigenvalue weighted by Crippen LogP contribution is -2.50. The summed E-state index contributed by atoms with van der Waals surface area (Å²) in [5.41, 5.74) is 0.536. The zero-order chi connectivity index (χ0) is 18.4. The highest BCUT2D eigenvalue weighted by Crippen LogP contribution is 2.10. The molecule has 2 heterocycles. The van der Waals surface area contributed by atoms with Crippen molar-refractivity contribution in [2.24, 2.45) is 0 Å². The summed E-state index contributed by atoms with van der Waals surface area (Å²) in [4.78, 5) is 33.8. The summed E-state index contributed by atoms with van der Waals surface area (Å²) in [6, 6.07) is 7.27. The Morgan fingerprint density at radius 1 is 1.32 bits per heavy atom. The molecule has 28 heavy (non-hydrogen) atoms. The first-order chi connectivity index (χ1) is 12.7. The van der Waals surface area contributed by atoms with Crippen LogP contribution in [0.3, 0.4) is 0 Å². The number of nitrogens with one attached hydrogen (secondary N) is 3. The fourth-order valence-electron chi connectivity index (χ4n) is 2.99. The van der Waals surface area contributed by atoms with Crippen molar-refractivity contribution in [2.45, 2.75) is 19.6 Å². The van der Waals surface area contributed by atoms with Crippen LogP contribution in [0.4, 0.5) is 0 Å². The zero-order valence-electron chi connectivity index (χ0n) is 15.8. The van der Waals surface area contributed by atoms with Crippen LogP contribution >= 0.6 is 24.8 Å². The fraction of sp³-hybridized carbons (Fsp3) is 0.500. The van der Waals surface area contributed by atoms with Crippen LogP contribution in [-0.4, -0.2) is 66.2 Å². The molecule has 2 aromatic rings. The minimum absolute atomic E-state index is 0. The first-order valence-electron chi connectivity index (χ1n) is 8.97. The van der Waals surface area contributed by atoms with Gasteiger partial charge in [0.2, 0.25) is 0 Å². The highest BCUT2D eigenvalue weighted by molar-refractivity contribution is 5.85. The molecule has 1 aliphatic heterocycles. The van der Waals surface area contributed by atoms with Crippen LogP contribution in [0.15, 0.2) is 29.1 Å². The number of morpholine rings is 1. The van der Waals surface area contributed by atoms with Crippen molar-refractivity contribution in [2.75, 3.05) is 39.3 Å². The predicted octanol–water partition coefficient (Wildman–Crippen LogP) is 0.693. The van der Waals surface area contributed by atoms with Crippen molar-refractivity contribution in [3.05, 3.63) is 40.4 Å². The van der Waals surface area contributed by atoms with Crippen molar-refractivity contribution in [3.8, 4) is 0 Å². The maximum absolute atomic E-state index is 12.2. The van der Waals surface area contributed by atoms with Crippen LogP contribution in [0.25, 0.3) is 10.9 Å². The Labute approximate surface area is 176 Å². The lowest BCUT2D eigenvalue weighted by molar-refractivity contribution is -0.138. The highest BCUT2D eigenvalue weighted by Gasteiger charge is 2.26. The van der Waals surface area contributed by atoms with E-state index < -0.39 is 6.10 Å². The van der Waals surface area contributed by atoms with Crippen LogP contribution in [0.5, 0.6) is 0 Å². The Bertz CT molecular complexity index is 817. The standard InChI is InChI=1S/C18H25N5O3.2ClH/c1-2-19-7-8-20-18(25)15-11-23(9-10-26-15)12-16-21-14-6-4-3-5-13(14)17(24)22-16;;/h3-6,15,19H,2,7-12H2,1H3,(H,20,25)(H,21,22,24);2*1H. The molecular weight excluding hydrogens is 405 g/mol. The van der Waals surface area contributed by atoms with Crippen molar-refractivity contribution in [1.82, 2.24) is 25.5 Å². The van der Waals surface area contributed by atoms with Crippen molar-refractivity contribution >= 4 is 41.6 Å². The smallest absolute Gasteiger partial charge is 0.258 e. The summed E-state index contributed by atoms with van der Waals surface area (Å²) in [6.07, 6.45) is -0.502. The van der Waals surface area contributed by atoms with Gasteiger partial charge in [-0.05, 0) is 18.7 Å². The summed E-state index contributed by atoms with van der Waals surface area (Å²) in [5.74, 6) is 0.495. The van der Waals surface area contributed by atoms with Crippen LogP contribution in [0.1, 0.15) is 12.7 Å². The number of hydrogen-bond acceptors (Lipinski definition) is 6. The third-order valence-electron chi connectivity index (χ3n) is 4.33. The summed E-state index contributed by atoms with van der Waals surface area (Å²) in [5, 5.41) is 6.62. The van der Waals surface area contributed by atoms with E-state index in [1.165, 1.54) is 0 Å². The van der Waals surface area contributed by atoms with Crippen LogP contribution in [-0.2, 0) is 16.1 Å². The number of carbonyl (C=O) groups is 1. The number of halogens is 2. The SMILES string of the molecule is CCNCCNC(=O)C1CN(Cc2nc3ccccc3c(=O)[nH]2)CCO1.Cl.Cl. The Morgan fingerprint density at radius 3 is 2.89 bits per heavy atom. The number of nitrogens with zero attached hydrogens (tertiary/aromatic N) is 2. The monoisotopic (exact) mass is 431 g/mol. The van der Waals surface area contributed by atoms with E-state index >= 15 is 0 Å². The predicted molar refractivity (Wildman–Crippen MR) is 113 cm³/mol. The lowest BCUT2D eigenvalue weighted by Gasteiger charge is -2.31. The van der Waals surface area contributed by atoms with E-state index in [2.05, 4.69) is 25.5 Å². The number of hydrogen-bond donors (Lipinski definition) is 3. The van der Waals surface area contributed by atoms with E-state index in [-0.39, 0.29) is 36.3 Å². The average Bonchev–Trinajstić information content (AvgIpc) is 2.65. The molecule has 1 saturated heterocycles.